The second-order valence-electron chi connectivity index (χ2n) is 11.9. The maximum atomic E-state index is 14.5. The number of nitriles is 1. The molecule has 5 aromatic rings. The molecule has 1 aliphatic rings. The summed E-state index contributed by atoms with van der Waals surface area (Å²) in [7, 11) is -9.19. The Morgan fingerprint density at radius 2 is 1.67 bits per heavy atom. The molecule has 1 fully saturated rings. The Morgan fingerprint density at radius 3 is 2.24 bits per heavy atom. The summed E-state index contributed by atoms with van der Waals surface area (Å²) in [6.07, 6.45) is -11.8. The lowest BCUT2D eigenvalue weighted by Crippen LogP contribution is -2.42. The number of carbonyl (C=O) groups excluding carboxylic acids is 2. The molecule has 282 valence electrons. The van der Waals surface area contributed by atoms with Crippen LogP contribution in [0.5, 0.6) is 0 Å². The second kappa shape index (κ2) is 14.1. The molecular formula is C34H25F6N5O7S2. The number of para-hydroxylation sites is 2. The number of hydrogen-bond acceptors (Lipinski definition) is 9. The van der Waals surface area contributed by atoms with Crippen molar-refractivity contribution in [2.45, 2.75) is 41.4 Å². The first kappa shape index (κ1) is 38.3. The molecule has 0 bridgehead atoms. The van der Waals surface area contributed by atoms with E-state index in [1.807, 2.05) is 6.07 Å². The molecule has 1 saturated heterocycles. The van der Waals surface area contributed by atoms with Crippen molar-refractivity contribution in [1.29, 1.82) is 5.26 Å². The van der Waals surface area contributed by atoms with Crippen molar-refractivity contribution in [2.75, 3.05) is 0 Å². The molecule has 4 aromatic carbocycles. The average Bonchev–Trinajstić information content (AvgIpc) is 3.67. The number of benzene rings is 4. The van der Waals surface area contributed by atoms with Crippen LogP contribution in [0.1, 0.15) is 45.8 Å². The number of halogens is 6. The number of imidazole rings is 1. The van der Waals surface area contributed by atoms with Crippen molar-refractivity contribution in [2.24, 2.45) is 0 Å². The Morgan fingerprint density at radius 1 is 1.00 bits per heavy atom. The van der Waals surface area contributed by atoms with E-state index < -0.39 is 78.8 Å². The molecule has 0 spiro atoms. The van der Waals surface area contributed by atoms with Gasteiger partial charge in [-0.05, 0) is 69.5 Å². The van der Waals surface area contributed by atoms with Gasteiger partial charge < -0.3 is 9.82 Å². The molecule has 20 heteroatoms. The number of nitrogens with zero attached hydrogens (tertiary/aromatic N) is 3. The maximum Gasteiger partial charge on any atom is 0.492 e. The van der Waals surface area contributed by atoms with Crippen molar-refractivity contribution in [3.05, 3.63) is 119 Å². The van der Waals surface area contributed by atoms with E-state index in [1.54, 1.807) is 12.1 Å². The van der Waals surface area contributed by atoms with Gasteiger partial charge >= 0.3 is 18.3 Å². The number of fused-ring (bicyclic) bond motifs is 1. The number of aromatic nitrogens is 2. The van der Waals surface area contributed by atoms with Crippen LogP contribution in [0.2, 0.25) is 0 Å². The predicted molar refractivity (Wildman–Crippen MR) is 180 cm³/mol. The molecule has 1 aliphatic heterocycles. The molecule has 1 amide bonds. The van der Waals surface area contributed by atoms with E-state index in [4.69, 9.17) is 5.26 Å². The Labute approximate surface area is 303 Å². The van der Waals surface area contributed by atoms with Gasteiger partial charge in [-0.25, -0.2) is 18.2 Å². The average molecular weight is 794 g/mol. The maximum absolute atomic E-state index is 14.5. The van der Waals surface area contributed by atoms with Crippen LogP contribution in [0.3, 0.4) is 0 Å². The minimum absolute atomic E-state index is 0.0618. The number of alkyl halides is 6. The van der Waals surface area contributed by atoms with E-state index in [0.29, 0.717) is 6.07 Å². The SMILES string of the molecule is N#Cc1ccc(-c2ccc(S(=O)(=O)N(OC(=O)C(F)(F)F)[C@@H](Cc3ccc(C4CC(=O)NS4(O)O)cc3)c3nc4ccccc4[nH]3)cc2C(F)(F)F)cc1. The first-order valence-electron chi connectivity index (χ1n) is 15.4. The predicted octanol–water partition coefficient (Wildman–Crippen LogP) is 7.34. The first-order valence-corrected chi connectivity index (χ1v) is 18.5. The lowest BCUT2D eigenvalue weighted by atomic mass is 9.98. The number of nitrogens with one attached hydrogen (secondary N) is 2. The number of hydrogen-bond donors (Lipinski definition) is 4. The molecule has 2 atom stereocenters. The van der Waals surface area contributed by atoms with E-state index >= 15 is 0 Å². The smallest absolute Gasteiger partial charge is 0.344 e. The van der Waals surface area contributed by atoms with Crippen molar-refractivity contribution < 1.29 is 58.3 Å². The number of amides is 1. The van der Waals surface area contributed by atoms with Crippen LogP contribution >= 0.6 is 10.8 Å². The molecule has 1 unspecified atom stereocenters. The van der Waals surface area contributed by atoms with Gasteiger partial charge in [0.15, 0.2) is 0 Å². The summed E-state index contributed by atoms with van der Waals surface area (Å²) in [6, 6.07) is 17.9. The van der Waals surface area contributed by atoms with Crippen LogP contribution in [-0.4, -0.2) is 50.0 Å². The summed E-state index contributed by atoms with van der Waals surface area (Å²) < 4.78 is 136. The summed E-state index contributed by atoms with van der Waals surface area (Å²) in [4.78, 5) is 34.6. The largest absolute Gasteiger partial charge is 0.492 e. The Kier molecular flexibility index (Phi) is 9.97. The quantitative estimate of drug-likeness (QED) is 0.0875. The van der Waals surface area contributed by atoms with Crippen molar-refractivity contribution in [3.8, 4) is 17.2 Å². The lowest BCUT2D eigenvalue weighted by Gasteiger charge is -2.33. The fourth-order valence-electron chi connectivity index (χ4n) is 5.78. The highest BCUT2D eigenvalue weighted by molar-refractivity contribution is 8.23. The second-order valence-corrected chi connectivity index (χ2v) is 15.7. The molecule has 2 heterocycles. The minimum Gasteiger partial charge on any atom is -0.344 e. The first-order chi connectivity index (χ1) is 25.3. The van der Waals surface area contributed by atoms with Gasteiger partial charge in [0.1, 0.15) is 17.1 Å². The normalized spacial score (nSPS) is 17.2. The van der Waals surface area contributed by atoms with E-state index in [0.717, 1.165) is 6.07 Å². The van der Waals surface area contributed by atoms with Gasteiger partial charge in [0.05, 0.1) is 39.5 Å². The standard InChI is InChI=1S/C34H25F6N5O7S2/c35-33(36,37)25-16-23(13-14-24(25)21-9-7-20(18-41)8-10-21)54(50,51)45(52-32(47)34(38,39)40)28(31-42-26-3-1-2-4-27(26)43-31)15-19-5-11-22(12-6-19)29-17-30(46)44-53(29,48)49/h1-14,16,28-29,48-49H,15,17H2,(H,42,43)(H,44,46)/t28-,29?/m0/s1. The van der Waals surface area contributed by atoms with Gasteiger partial charge in [0.25, 0.3) is 10.0 Å². The highest BCUT2D eigenvalue weighted by atomic mass is 32.3. The van der Waals surface area contributed by atoms with E-state index in [1.165, 1.54) is 60.7 Å². The number of sulfonamides is 1. The fraction of sp³-hybridized carbons (Fsp3) is 0.176. The molecular weight excluding hydrogens is 769 g/mol. The van der Waals surface area contributed by atoms with E-state index in [9.17, 15) is 53.5 Å². The van der Waals surface area contributed by atoms with Crippen LogP contribution in [0, 0.1) is 11.3 Å². The highest BCUT2D eigenvalue weighted by Gasteiger charge is 2.48. The molecule has 4 N–H and O–H groups in total. The Hall–Kier alpha value is -5.46. The zero-order chi connectivity index (χ0) is 39.2. The summed E-state index contributed by atoms with van der Waals surface area (Å²) in [6.45, 7) is 0. The Bertz CT molecular complexity index is 2360. The number of aromatic amines is 1. The molecule has 1 aromatic heterocycles. The summed E-state index contributed by atoms with van der Waals surface area (Å²) in [5.41, 5.74) is -1.04. The summed E-state index contributed by atoms with van der Waals surface area (Å²) in [5.74, 6) is -3.99. The zero-order valence-corrected chi connectivity index (χ0v) is 28.7. The fourth-order valence-corrected chi connectivity index (χ4v) is 8.65. The van der Waals surface area contributed by atoms with Gasteiger partial charge in [-0.2, -0.15) is 31.6 Å². The van der Waals surface area contributed by atoms with Crippen molar-refractivity contribution in [3.63, 3.8) is 0 Å². The van der Waals surface area contributed by atoms with Gasteiger partial charge in [-0.1, -0.05) is 54.6 Å². The van der Waals surface area contributed by atoms with Crippen molar-refractivity contribution in [1.82, 2.24) is 19.2 Å². The summed E-state index contributed by atoms with van der Waals surface area (Å²) >= 11 is 0. The molecule has 0 saturated carbocycles. The van der Waals surface area contributed by atoms with E-state index in [-0.39, 0.29) is 56.1 Å². The zero-order valence-electron chi connectivity index (χ0n) is 27.1. The van der Waals surface area contributed by atoms with E-state index in [2.05, 4.69) is 19.5 Å². The van der Waals surface area contributed by atoms with Gasteiger partial charge in [0.2, 0.25) is 5.91 Å². The molecule has 6 rings (SSSR count). The number of carbonyl (C=O) groups is 2. The van der Waals surface area contributed by atoms with Gasteiger partial charge in [0, 0.05) is 0 Å². The highest BCUT2D eigenvalue weighted by Crippen LogP contribution is 2.56. The minimum atomic E-state index is -5.76. The van der Waals surface area contributed by atoms with Crippen molar-refractivity contribution >= 4 is 43.7 Å². The van der Waals surface area contributed by atoms with Crippen LogP contribution in [0.15, 0.2) is 95.9 Å². The number of hydroxylamine groups is 1. The third-order valence-corrected chi connectivity index (χ3v) is 11.8. The van der Waals surface area contributed by atoms with Crippen LogP contribution < -0.4 is 4.72 Å². The number of rotatable bonds is 9. The molecule has 0 radical (unpaired) electrons. The Balaban J connectivity index is 1.48. The van der Waals surface area contributed by atoms with Crippen LogP contribution in [0.25, 0.3) is 22.2 Å². The summed E-state index contributed by atoms with van der Waals surface area (Å²) in [5, 5.41) is 8.02. The topological polar surface area (TPSA) is 186 Å². The van der Waals surface area contributed by atoms with Crippen LogP contribution in [0.4, 0.5) is 26.3 Å². The third-order valence-electron chi connectivity index (χ3n) is 8.35. The number of H-pyrrole nitrogens is 1. The van der Waals surface area contributed by atoms with Crippen LogP contribution in [-0.2, 0) is 37.0 Å². The lowest BCUT2D eigenvalue weighted by molar-refractivity contribution is -0.227. The third kappa shape index (κ3) is 7.76. The molecule has 54 heavy (non-hydrogen) atoms. The van der Waals surface area contributed by atoms with Gasteiger partial charge in [-0.15, -0.1) is 10.8 Å². The molecule has 0 aliphatic carbocycles. The monoisotopic (exact) mass is 793 g/mol. The molecule has 12 nitrogen and oxygen atoms in total. The van der Waals surface area contributed by atoms with Gasteiger partial charge in [-0.3, -0.25) is 18.6 Å².